The minimum Gasteiger partial charge on any atom is -0.480 e. The average Bonchev–Trinajstić information content (AvgIpc) is 3.09. The van der Waals surface area contributed by atoms with Crippen molar-refractivity contribution in [3.63, 3.8) is 0 Å². The molecule has 3 rings (SSSR count). The predicted octanol–water partition coefficient (Wildman–Crippen LogP) is 1.77. The number of imidazole rings is 1. The zero-order valence-electron chi connectivity index (χ0n) is 12.7. The number of fused-ring (bicyclic) bond motifs is 3. The van der Waals surface area contributed by atoms with Crippen molar-refractivity contribution >= 4 is 40.7 Å². The molecule has 2 heterocycles. The van der Waals surface area contributed by atoms with Gasteiger partial charge in [-0.05, 0) is 30.6 Å². The molecule has 7 nitrogen and oxygen atoms in total. The van der Waals surface area contributed by atoms with Gasteiger partial charge < -0.3 is 15.0 Å². The molecule has 0 saturated carbocycles. The zero-order chi connectivity index (χ0) is 16.4. The van der Waals surface area contributed by atoms with E-state index in [2.05, 4.69) is 10.3 Å². The van der Waals surface area contributed by atoms with Gasteiger partial charge in [-0.15, -0.1) is 0 Å². The van der Waals surface area contributed by atoms with Crippen LogP contribution in [0.4, 0.5) is 10.7 Å². The molecular formula is C15H18N4O3S. The summed E-state index contributed by atoms with van der Waals surface area (Å²) in [6.07, 6.45) is 2.30. The lowest BCUT2D eigenvalue weighted by Crippen LogP contribution is -2.48. The summed E-state index contributed by atoms with van der Waals surface area (Å²) >= 11 is 1.55. The lowest BCUT2D eigenvalue weighted by atomic mass is 10.2. The van der Waals surface area contributed by atoms with Crippen LogP contribution in [-0.2, 0) is 11.3 Å². The van der Waals surface area contributed by atoms with E-state index in [1.165, 1.54) is 4.90 Å². The molecule has 23 heavy (non-hydrogen) atoms. The number of carboxylic acids is 1. The summed E-state index contributed by atoms with van der Waals surface area (Å²) < 4.78 is 1.98. The average molecular weight is 334 g/mol. The normalized spacial score (nSPS) is 14.7. The lowest BCUT2D eigenvalue weighted by Gasteiger charge is -2.19. The van der Waals surface area contributed by atoms with Crippen molar-refractivity contribution in [2.24, 2.45) is 0 Å². The first-order chi connectivity index (χ1) is 11.1. The van der Waals surface area contributed by atoms with Crippen LogP contribution in [0.5, 0.6) is 0 Å². The van der Waals surface area contributed by atoms with Crippen LogP contribution < -0.4 is 10.2 Å². The highest BCUT2D eigenvalue weighted by molar-refractivity contribution is 7.98. The molecule has 0 spiro atoms. The van der Waals surface area contributed by atoms with Gasteiger partial charge >= 0.3 is 12.0 Å². The SMILES string of the molecule is CSCC[C@H](NC(=O)N1CCn2c1nc1ccccc12)C(=O)O. The number of carbonyl (C=O) groups excluding carboxylic acids is 1. The summed E-state index contributed by atoms with van der Waals surface area (Å²) in [6.45, 7) is 1.15. The number of nitrogens with one attached hydrogen (secondary N) is 1. The number of hydrogen-bond acceptors (Lipinski definition) is 4. The summed E-state index contributed by atoms with van der Waals surface area (Å²) in [5, 5.41) is 11.8. The minimum absolute atomic E-state index is 0.395. The highest BCUT2D eigenvalue weighted by Crippen LogP contribution is 2.27. The molecule has 0 saturated heterocycles. The van der Waals surface area contributed by atoms with Crippen LogP contribution in [0.1, 0.15) is 6.42 Å². The second kappa shape index (κ2) is 6.49. The molecule has 0 radical (unpaired) electrons. The van der Waals surface area contributed by atoms with Gasteiger partial charge in [0.15, 0.2) is 0 Å². The van der Waals surface area contributed by atoms with Gasteiger partial charge in [-0.2, -0.15) is 11.8 Å². The largest absolute Gasteiger partial charge is 0.480 e. The van der Waals surface area contributed by atoms with Gasteiger partial charge in [-0.25, -0.2) is 14.6 Å². The standard InChI is InChI=1S/C15H18N4O3S/c1-23-9-6-11(13(20)21)17-15(22)19-8-7-18-12-5-3-2-4-10(12)16-14(18)19/h2-5,11H,6-9H2,1H3,(H,17,22)(H,20,21)/t11-/m0/s1. The van der Waals surface area contributed by atoms with Crippen molar-refractivity contribution in [3.8, 4) is 0 Å². The Hall–Kier alpha value is -2.22. The highest BCUT2D eigenvalue weighted by atomic mass is 32.2. The second-order valence-electron chi connectivity index (χ2n) is 5.33. The Morgan fingerprint density at radius 3 is 2.91 bits per heavy atom. The van der Waals surface area contributed by atoms with E-state index < -0.39 is 18.0 Å². The van der Waals surface area contributed by atoms with Crippen LogP contribution in [0, 0.1) is 0 Å². The third kappa shape index (κ3) is 2.98. The van der Waals surface area contributed by atoms with Crippen molar-refractivity contribution in [3.05, 3.63) is 24.3 Å². The van der Waals surface area contributed by atoms with Crippen LogP contribution in [0.15, 0.2) is 24.3 Å². The molecule has 1 aliphatic rings. The number of benzene rings is 1. The van der Waals surface area contributed by atoms with Crippen molar-refractivity contribution in [1.82, 2.24) is 14.9 Å². The van der Waals surface area contributed by atoms with Crippen molar-refractivity contribution < 1.29 is 14.7 Å². The third-order valence-corrected chi connectivity index (χ3v) is 4.52. The maximum atomic E-state index is 12.5. The lowest BCUT2D eigenvalue weighted by molar-refractivity contribution is -0.139. The molecule has 0 fully saturated rings. The maximum absolute atomic E-state index is 12.5. The third-order valence-electron chi connectivity index (χ3n) is 3.87. The number of anilines is 1. The molecule has 0 unspecified atom stereocenters. The van der Waals surface area contributed by atoms with Crippen LogP contribution in [0.3, 0.4) is 0 Å². The summed E-state index contributed by atoms with van der Waals surface area (Å²) in [6, 6.07) is 6.41. The fraction of sp³-hybridized carbons (Fsp3) is 0.400. The maximum Gasteiger partial charge on any atom is 0.326 e. The first-order valence-electron chi connectivity index (χ1n) is 7.37. The number of urea groups is 1. The van der Waals surface area contributed by atoms with Crippen LogP contribution >= 0.6 is 11.8 Å². The predicted molar refractivity (Wildman–Crippen MR) is 90.0 cm³/mol. The molecule has 8 heteroatoms. The number of aliphatic carboxylic acids is 1. The first-order valence-corrected chi connectivity index (χ1v) is 8.76. The smallest absolute Gasteiger partial charge is 0.326 e. The topological polar surface area (TPSA) is 87.5 Å². The van der Waals surface area contributed by atoms with E-state index in [4.69, 9.17) is 0 Å². The Morgan fingerprint density at radius 1 is 1.39 bits per heavy atom. The van der Waals surface area contributed by atoms with E-state index in [1.807, 2.05) is 35.1 Å². The summed E-state index contributed by atoms with van der Waals surface area (Å²) in [5.41, 5.74) is 1.81. The number of rotatable bonds is 5. The second-order valence-corrected chi connectivity index (χ2v) is 6.31. The molecular weight excluding hydrogens is 316 g/mol. The summed E-state index contributed by atoms with van der Waals surface area (Å²) in [7, 11) is 0. The fourth-order valence-electron chi connectivity index (χ4n) is 2.70. The molecule has 1 aromatic carbocycles. The van der Waals surface area contributed by atoms with Gasteiger partial charge in [0, 0.05) is 13.1 Å². The van der Waals surface area contributed by atoms with Crippen LogP contribution in [0.2, 0.25) is 0 Å². The van der Waals surface area contributed by atoms with Crippen LogP contribution in [-0.4, -0.2) is 51.3 Å². The highest BCUT2D eigenvalue weighted by Gasteiger charge is 2.30. The number of nitrogens with zero attached hydrogens (tertiary/aromatic N) is 3. The van der Waals surface area contributed by atoms with Crippen LogP contribution in [0.25, 0.3) is 11.0 Å². The molecule has 122 valence electrons. The van der Waals surface area contributed by atoms with Crippen molar-refractivity contribution in [2.45, 2.75) is 19.0 Å². The van der Waals surface area contributed by atoms with Gasteiger partial charge in [0.25, 0.3) is 0 Å². The van der Waals surface area contributed by atoms with Gasteiger partial charge in [0.2, 0.25) is 5.95 Å². The van der Waals surface area contributed by atoms with E-state index in [0.717, 1.165) is 11.0 Å². The molecule has 1 aliphatic heterocycles. The number of aromatic nitrogens is 2. The Morgan fingerprint density at radius 2 is 2.17 bits per heavy atom. The fourth-order valence-corrected chi connectivity index (χ4v) is 3.17. The monoisotopic (exact) mass is 334 g/mol. The summed E-state index contributed by atoms with van der Waals surface area (Å²) in [5.74, 6) is 0.230. The van der Waals surface area contributed by atoms with Gasteiger partial charge in [-0.3, -0.25) is 4.90 Å². The number of amides is 2. The molecule has 1 aromatic heterocycles. The van der Waals surface area contributed by atoms with Crippen molar-refractivity contribution in [1.29, 1.82) is 0 Å². The van der Waals surface area contributed by atoms with Gasteiger partial charge in [-0.1, -0.05) is 12.1 Å². The van der Waals surface area contributed by atoms with E-state index in [0.29, 0.717) is 31.2 Å². The molecule has 0 aliphatic carbocycles. The van der Waals surface area contributed by atoms with E-state index in [1.54, 1.807) is 11.8 Å². The number of carboxylic acid groups (broad SMARTS) is 1. The molecule has 1 atom stereocenters. The molecule has 0 bridgehead atoms. The molecule has 2 amide bonds. The Labute approximate surface area is 137 Å². The number of carbonyl (C=O) groups is 2. The number of thioether (sulfide) groups is 1. The number of para-hydroxylation sites is 2. The van der Waals surface area contributed by atoms with E-state index in [9.17, 15) is 14.7 Å². The van der Waals surface area contributed by atoms with Gasteiger partial charge in [0.1, 0.15) is 6.04 Å². The summed E-state index contributed by atoms with van der Waals surface area (Å²) in [4.78, 5) is 29.7. The number of hydrogen-bond donors (Lipinski definition) is 2. The Bertz CT molecular complexity index is 745. The minimum atomic E-state index is -1.01. The van der Waals surface area contributed by atoms with E-state index in [-0.39, 0.29) is 0 Å². The zero-order valence-corrected chi connectivity index (χ0v) is 13.5. The quantitative estimate of drug-likeness (QED) is 0.870. The Kier molecular flexibility index (Phi) is 4.42. The van der Waals surface area contributed by atoms with Gasteiger partial charge in [0.05, 0.1) is 11.0 Å². The molecule has 2 aromatic rings. The molecule has 2 N–H and O–H groups in total. The Balaban J connectivity index is 1.78. The van der Waals surface area contributed by atoms with Crippen molar-refractivity contribution in [2.75, 3.05) is 23.5 Å². The van der Waals surface area contributed by atoms with E-state index >= 15 is 0 Å². The first kappa shape index (κ1) is 15.7.